The number of aromatic nitrogens is 2. The maximum Gasteiger partial charge on any atom is 0.227 e. The number of benzene rings is 3. The molecule has 0 aliphatic carbocycles. The molecule has 7 nitrogen and oxygen atoms in total. The van der Waals surface area contributed by atoms with Crippen LogP contribution in [0.2, 0.25) is 0 Å². The first-order chi connectivity index (χ1) is 15.9. The van der Waals surface area contributed by atoms with Crippen LogP contribution in [0.15, 0.2) is 76.7 Å². The Balaban J connectivity index is 1.66. The van der Waals surface area contributed by atoms with Crippen LogP contribution in [0, 0.1) is 6.92 Å². The lowest BCUT2D eigenvalue weighted by atomic mass is 10.1. The fourth-order valence-electron chi connectivity index (χ4n) is 3.48. The van der Waals surface area contributed by atoms with Gasteiger partial charge in [0.15, 0.2) is 17.3 Å². The van der Waals surface area contributed by atoms with Gasteiger partial charge in [0.2, 0.25) is 14.9 Å². The van der Waals surface area contributed by atoms with Crippen molar-refractivity contribution in [2.45, 2.75) is 23.3 Å². The van der Waals surface area contributed by atoms with Crippen molar-refractivity contribution in [3.05, 3.63) is 77.9 Å². The largest absolute Gasteiger partial charge is 0.493 e. The second-order valence-corrected chi connectivity index (χ2v) is 9.41. The van der Waals surface area contributed by atoms with E-state index in [1.54, 1.807) is 44.6 Å². The SMILES string of the molecule is COc1ccc(CCNc2nc3ccccc3nc2S(=O)(=O)c2ccc(C)cc2)cc1OC. The molecule has 8 heteroatoms. The van der Waals surface area contributed by atoms with E-state index in [4.69, 9.17) is 9.47 Å². The molecule has 4 rings (SSSR count). The highest BCUT2D eigenvalue weighted by Gasteiger charge is 2.25. The first-order valence-electron chi connectivity index (χ1n) is 10.5. The number of para-hydroxylation sites is 2. The number of sulfone groups is 1. The Kier molecular flexibility index (Phi) is 6.46. The normalized spacial score (nSPS) is 11.4. The monoisotopic (exact) mass is 463 g/mol. The summed E-state index contributed by atoms with van der Waals surface area (Å²) in [5.74, 6) is 1.53. The quantitative estimate of drug-likeness (QED) is 0.413. The molecule has 0 spiro atoms. The molecule has 33 heavy (non-hydrogen) atoms. The number of rotatable bonds is 8. The molecule has 0 saturated heterocycles. The molecule has 4 aromatic rings. The molecule has 0 aliphatic rings. The van der Waals surface area contributed by atoms with Crippen molar-refractivity contribution < 1.29 is 17.9 Å². The fraction of sp³-hybridized carbons (Fsp3) is 0.200. The van der Waals surface area contributed by atoms with Gasteiger partial charge < -0.3 is 14.8 Å². The summed E-state index contributed by atoms with van der Waals surface area (Å²) in [6.45, 7) is 2.37. The molecule has 0 fully saturated rings. The highest BCUT2D eigenvalue weighted by atomic mass is 32.2. The second-order valence-electron chi connectivity index (χ2n) is 7.55. The minimum Gasteiger partial charge on any atom is -0.493 e. The van der Waals surface area contributed by atoms with Crippen LogP contribution in [0.4, 0.5) is 5.82 Å². The zero-order valence-corrected chi connectivity index (χ0v) is 19.5. The summed E-state index contributed by atoms with van der Waals surface area (Å²) < 4.78 is 37.5. The van der Waals surface area contributed by atoms with Crippen LogP contribution in [-0.4, -0.2) is 39.2 Å². The van der Waals surface area contributed by atoms with E-state index in [-0.39, 0.29) is 15.7 Å². The molecule has 0 amide bonds. The van der Waals surface area contributed by atoms with Gasteiger partial charge in [0.1, 0.15) is 0 Å². The van der Waals surface area contributed by atoms with Crippen molar-refractivity contribution in [2.24, 2.45) is 0 Å². The molecule has 3 aromatic carbocycles. The van der Waals surface area contributed by atoms with Gasteiger partial charge in [0.25, 0.3) is 0 Å². The highest BCUT2D eigenvalue weighted by Crippen LogP contribution is 2.29. The molecule has 0 saturated carbocycles. The maximum absolute atomic E-state index is 13.4. The minimum absolute atomic E-state index is 0.0858. The summed E-state index contributed by atoms with van der Waals surface area (Å²) >= 11 is 0. The number of aryl methyl sites for hydroxylation is 1. The van der Waals surface area contributed by atoms with Crippen LogP contribution in [0.3, 0.4) is 0 Å². The number of hydrogen-bond donors (Lipinski definition) is 1. The minimum atomic E-state index is -3.87. The number of nitrogens with one attached hydrogen (secondary N) is 1. The van der Waals surface area contributed by atoms with Gasteiger partial charge in [-0.15, -0.1) is 0 Å². The van der Waals surface area contributed by atoms with E-state index in [0.717, 1.165) is 11.1 Å². The fourth-order valence-corrected chi connectivity index (χ4v) is 4.79. The van der Waals surface area contributed by atoms with Crippen LogP contribution < -0.4 is 14.8 Å². The van der Waals surface area contributed by atoms with Crippen molar-refractivity contribution in [3.8, 4) is 11.5 Å². The van der Waals surface area contributed by atoms with Gasteiger partial charge in [-0.2, -0.15) is 0 Å². The van der Waals surface area contributed by atoms with Crippen molar-refractivity contribution in [1.29, 1.82) is 0 Å². The second kappa shape index (κ2) is 9.46. The van der Waals surface area contributed by atoms with Crippen molar-refractivity contribution in [3.63, 3.8) is 0 Å². The molecule has 0 radical (unpaired) electrons. The summed E-state index contributed by atoms with van der Waals surface area (Å²) in [6, 6.07) is 19.6. The molecular weight excluding hydrogens is 438 g/mol. The summed E-state index contributed by atoms with van der Waals surface area (Å²) in [5.41, 5.74) is 3.13. The van der Waals surface area contributed by atoms with Gasteiger partial charge in [-0.05, 0) is 55.3 Å². The zero-order chi connectivity index (χ0) is 23.4. The van der Waals surface area contributed by atoms with E-state index in [2.05, 4.69) is 15.3 Å². The number of fused-ring (bicyclic) bond motifs is 1. The standard InChI is InChI=1S/C25H25N3O4S/c1-17-8-11-19(12-9-17)33(29,30)25-24(27-20-6-4-5-7-21(20)28-25)26-15-14-18-10-13-22(31-2)23(16-18)32-3/h4-13,16H,14-15H2,1-3H3,(H,26,27). The Hall–Kier alpha value is -3.65. The number of methoxy groups -OCH3 is 2. The first kappa shape index (κ1) is 22.5. The predicted molar refractivity (Wildman–Crippen MR) is 128 cm³/mol. The third-order valence-corrected chi connectivity index (χ3v) is 6.96. The van der Waals surface area contributed by atoms with E-state index in [0.29, 0.717) is 35.5 Å². The molecule has 1 N–H and O–H groups in total. The van der Waals surface area contributed by atoms with Gasteiger partial charge in [-0.1, -0.05) is 35.9 Å². The van der Waals surface area contributed by atoms with E-state index in [1.807, 2.05) is 43.3 Å². The lowest BCUT2D eigenvalue weighted by molar-refractivity contribution is 0.354. The third kappa shape index (κ3) is 4.75. The molecule has 0 atom stereocenters. The van der Waals surface area contributed by atoms with Gasteiger partial charge in [-0.25, -0.2) is 18.4 Å². The van der Waals surface area contributed by atoms with Crippen molar-refractivity contribution in [2.75, 3.05) is 26.1 Å². The summed E-state index contributed by atoms with van der Waals surface area (Å²) in [5, 5.41) is 3.10. The Labute approximate surface area is 193 Å². The maximum atomic E-state index is 13.4. The third-order valence-electron chi connectivity index (χ3n) is 5.28. The van der Waals surface area contributed by atoms with Gasteiger partial charge in [0.05, 0.1) is 30.1 Å². The Morgan fingerprint density at radius 2 is 1.52 bits per heavy atom. The smallest absolute Gasteiger partial charge is 0.227 e. The average molecular weight is 464 g/mol. The lowest BCUT2D eigenvalue weighted by Crippen LogP contribution is -2.14. The topological polar surface area (TPSA) is 90.4 Å². The summed E-state index contributed by atoms with van der Waals surface area (Å²) in [6.07, 6.45) is 0.624. The molecule has 0 aliphatic heterocycles. The Morgan fingerprint density at radius 3 is 2.18 bits per heavy atom. The molecule has 170 valence electrons. The number of nitrogens with zero attached hydrogens (tertiary/aromatic N) is 2. The Morgan fingerprint density at radius 1 is 0.848 bits per heavy atom. The van der Waals surface area contributed by atoms with Gasteiger partial charge in [0, 0.05) is 6.54 Å². The molecule has 1 heterocycles. The van der Waals surface area contributed by atoms with Crippen LogP contribution in [0.25, 0.3) is 11.0 Å². The number of anilines is 1. The first-order valence-corrected chi connectivity index (χ1v) is 11.9. The van der Waals surface area contributed by atoms with Gasteiger partial charge in [-0.3, -0.25) is 0 Å². The van der Waals surface area contributed by atoms with Crippen LogP contribution in [0.1, 0.15) is 11.1 Å². The van der Waals surface area contributed by atoms with E-state index < -0.39 is 9.84 Å². The number of ether oxygens (including phenoxy) is 2. The molecule has 0 bridgehead atoms. The van der Waals surface area contributed by atoms with Crippen LogP contribution in [-0.2, 0) is 16.3 Å². The highest BCUT2D eigenvalue weighted by molar-refractivity contribution is 7.91. The van der Waals surface area contributed by atoms with Crippen LogP contribution >= 0.6 is 0 Å². The van der Waals surface area contributed by atoms with Gasteiger partial charge >= 0.3 is 0 Å². The lowest BCUT2D eigenvalue weighted by Gasteiger charge is -2.13. The van der Waals surface area contributed by atoms with E-state index in [9.17, 15) is 8.42 Å². The van der Waals surface area contributed by atoms with E-state index >= 15 is 0 Å². The van der Waals surface area contributed by atoms with Crippen LogP contribution in [0.5, 0.6) is 11.5 Å². The molecular formula is C25H25N3O4S. The average Bonchev–Trinajstić information content (AvgIpc) is 2.83. The number of hydrogen-bond acceptors (Lipinski definition) is 7. The molecule has 1 aromatic heterocycles. The summed E-state index contributed by atoms with van der Waals surface area (Å²) in [4.78, 5) is 9.23. The van der Waals surface area contributed by atoms with Crippen molar-refractivity contribution >= 4 is 26.7 Å². The van der Waals surface area contributed by atoms with Crippen molar-refractivity contribution in [1.82, 2.24) is 9.97 Å². The predicted octanol–water partition coefficient (Wildman–Crippen LogP) is 4.44. The summed E-state index contributed by atoms with van der Waals surface area (Å²) in [7, 11) is -0.684. The van der Waals surface area contributed by atoms with E-state index in [1.165, 1.54) is 0 Å². The molecule has 0 unspecified atom stereocenters. The zero-order valence-electron chi connectivity index (χ0n) is 18.7. The Bertz CT molecular complexity index is 1390.